The van der Waals surface area contributed by atoms with E-state index < -0.39 is 0 Å². The lowest BCUT2D eigenvalue weighted by Crippen LogP contribution is -2.01. The first-order chi connectivity index (χ1) is 13.3. The van der Waals surface area contributed by atoms with Crippen molar-refractivity contribution in [3.05, 3.63) is 102 Å². The SMILES string of the molecule is Cc1ccc(-c2cc(-c3ccccc3)nc(OCc3ccccc3)n2)cc1. The molecule has 0 aliphatic heterocycles. The number of aromatic nitrogens is 2. The van der Waals surface area contributed by atoms with Crippen molar-refractivity contribution in [2.45, 2.75) is 13.5 Å². The molecule has 3 aromatic carbocycles. The summed E-state index contributed by atoms with van der Waals surface area (Å²) < 4.78 is 5.92. The quantitative estimate of drug-likeness (QED) is 0.462. The first-order valence-electron chi connectivity index (χ1n) is 8.96. The van der Waals surface area contributed by atoms with Crippen molar-refractivity contribution in [3.63, 3.8) is 0 Å². The normalized spacial score (nSPS) is 10.6. The second-order valence-corrected chi connectivity index (χ2v) is 6.43. The Morgan fingerprint density at radius 2 is 1.22 bits per heavy atom. The van der Waals surface area contributed by atoms with Gasteiger partial charge in [-0.15, -0.1) is 0 Å². The van der Waals surface area contributed by atoms with Gasteiger partial charge in [0, 0.05) is 11.1 Å². The molecule has 3 heteroatoms. The third-order valence-electron chi connectivity index (χ3n) is 4.33. The Morgan fingerprint density at radius 1 is 0.667 bits per heavy atom. The molecule has 0 saturated carbocycles. The minimum absolute atomic E-state index is 0.385. The van der Waals surface area contributed by atoms with Crippen LogP contribution < -0.4 is 4.74 Å². The van der Waals surface area contributed by atoms with Crippen molar-refractivity contribution in [2.24, 2.45) is 0 Å². The van der Waals surface area contributed by atoms with Gasteiger partial charge in [-0.05, 0) is 18.6 Å². The van der Waals surface area contributed by atoms with Crippen LogP contribution in [0.5, 0.6) is 6.01 Å². The molecule has 0 N–H and O–H groups in total. The second kappa shape index (κ2) is 7.83. The van der Waals surface area contributed by atoms with Crippen LogP contribution in [0.2, 0.25) is 0 Å². The van der Waals surface area contributed by atoms with Crippen molar-refractivity contribution in [1.82, 2.24) is 9.97 Å². The summed E-state index contributed by atoms with van der Waals surface area (Å²) in [4.78, 5) is 9.27. The van der Waals surface area contributed by atoms with Gasteiger partial charge in [0.1, 0.15) is 6.61 Å². The minimum Gasteiger partial charge on any atom is -0.459 e. The predicted octanol–water partition coefficient (Wildman–Crippen LogP) is 5.70. The molecule has 0 radical (unpaired) electrons. The Bertz CT molecular complexity index is 1010. The Labute approximate surface area is 159 Å². The topological polar surface area (TPSA) is 35.0 Å². The molecule has 0 aliphatic carbocycles. The maximum absolute atomic E-state index is 5.92. The van der Waals surface area contributed by atoms with Gasteiger partial charge in [-0.1, -0.05) is 90.5 Å². The van der Waals surface area contributed by atoms with Crippen LogP contribution in [-0.4, -0.2) is 9.97 Å². The Balaban J connectivity index is 1.71. The van der Waals surface area contributed by atoms with Crippen LogP contribution in [0.15, 0.2) is 91.0 Å². The molecular formula is C24H20N2O. The molecule has 0 unspecified atom stereocenters. The molecule has 4 rings (SSSR count). The van der Waals surface area contributed by atoms with E-state index in [-0.39, 0.29) is 0 Å². The summed E-state index contributed by atoms with van der Waals surface area (Å²) in [7, 11) is 0. The second-order valence-electron chi connectivity index (χ2n) is 6.43. The van der Waals surface area contributed by atoms with Crippen molar-refractivity contribution in [1.29, 1.82) is 0 Å². The van der Waals surface area contributed by atoms with E-state index in [1.54, 1.807) is 0 Å². The zero-order chi connectivity index (χ0) is 18.5. The van der Waals surface area contributed by atoms with Gasteiger partial charge in [0.15, 0.2) is 0 Å². The third-order valence-corrected chi connectivity index (χ3v) is 4.33. The van der Waals surface area contributed by atoms with Gasteiger partial charge in [-0.25, -0.2) is 0 Å². The summed E-state index contributed by atoms with van der Waals surface area (Å²) in [6, 6.07) is 30.9. The fourth-order valence-electron chi connectivity index (χ4n) is 2.84. The number of ether oxygens (including phenoxy) is 1. The first-order valence-corrected chi connectivity index (χ1v) is 8.96. The van der Waals surface area contributed by atoms with Crippen molar-refractivity contribution in [3.8, 4) is 28.5 Å². The van der Waals surface area contributed by atoms with Gasteiger partial charge in [0.05, 0.1) is 11.4 Å². The lowest BCUT2D eigenvalue weighted by atomic mass is 10.1. The highest BCUT2D eigenvalue weighted by molar-refractivity contribution is 5.68. The highest BCUT2D eigenvalue weighted by Crippen LogP contribution is 2.26. The van der Waals surface area contributed by atoms with Gasteiger partial charge in [-0.3, -0.25) is 0 Å². The van der Waals surface area contributed by atoms with Crippen LogP contribution >= 0.6 is 0 Å². The molecule has 1 aromatic heterocycles. The summed E-state index contributed by atoms with van der Waals surface area (Å²) >= 11 is 0. The van der Waals surface area contributed by atoms with E-state index in [2.05, 4.69) is 41.2 Å². The summed E-state index contributed by atoms with van der Waals surface area (Å²) in [5, 5.41) is 0. The highest BCUT2D eigenvalue weighted by Gasteiger charge is 2.10. The van der Waals surface area contributed by atoms with Crippen LogP contribution in [0.1, 0.15) is 11.1 Å². The van der Waals surface area contributed by atoms with Gasteiger partial charge in [0.2, 0.25) is 0 Å². The van der Waals surface area contributed by atoms with Gasteiger partial charge < -0.3 is 4.74 Å². The summed E-state index contributed by atoms with van der Waals surface area (Å²) in [5.41, 5.74) is 6.10. The molecule has 0 aliphatic rings. The van der Waals surface area contributed by atoms with Crippen LogP contribution in [0.25, 0.3) is 22.5 Å². The summed E-state index contributed by atoms with van der Waals surface area (Å²) in [6.07, 6.45) is 0. The smallest absolute Gasteiger partial charge is 0.317 e. The standard InChI is InChI=1S/C24H20N2O/c1-18-12-14-21(15-13-18)23-16-22(20-10-6-3-7-11-20)25-24(26-23)27-17-19-8-4-2-5-9-19/h2-16H,17H2,1H3. The maximum Gasteiger partial charge on any atom is 0.317 e. The molecule has 3 nitrogen and oxygen atoms in total. The van der Waals surface area contributed by atoms with Crippen molar-refractivity contribution >= 4 is 0 Å². The molecule has 1 heterocycles. The fraction of sp³-hybridized carbons (Fsp3) is 0.0833. The largest absolute Gasteiger partial charge is 0.459 e. The Hall–Kier alpha value is -3.46. The Morgan fingerprint density at radius 3 is 1.85 bits per heavy atom. The average Bonchev–Trinajstić information content (AvgIpc) is 2.74. The van der Waals surface area contributed by atoms with Crippen molar-refractivity contribution in [2.75, 3.05) is 0 Å². The van der Waals surface area contributed by atoms with Crippen LogP contribution in [0.3, 0.4) is 0 Å². The first kappa shape index (κ1) is 17.0. The Kier molecular flexibility index (Phi) is 4.93. The van der Waals surface area contributed by atoms with E-state index in [9.17, 15) is 0 Å². The zero-order valence-corrected chi connectivity index (χ0v) is 15.2. The van der Waals surface area contributed by atoms with E-state index in [0.717, 1.165) is 28.1 Å². The van der Waals surface area contributed by atoms with E-state index in [1.807, 2.05) is 66.7 Å². The van der Waals surface area contributed by atoms with Crippen molar-refractivity contribution < 1.29 is 4.74 Å². The van der Waals surface area contributed by atoms with Crippen LogP contribution in [0.4, 0.5) is 0 Å². The van der Waals surface area contributed by atoms with Gasteiger partial charge in [-0.2, -0.15) is 9.97 Å². The fourth-order valence-corrected chi connectivity index (χ4v) is 2.84. The summed E-state index contributed by atoms with van der Waals surface area (Å²) in [6.45, 7) is 2.51. The number of aryl methyl sites for hydroxylation is 1. The van der Waals surface area contributed by atoms with E-state index in [0.29, 0.717) is 12.6 Å². The number of hydrogen-bond acceptors (Lipinski definition) is 3. The predicted molar refractivity (Wildman–Crippen MR) is 108 cm³/mol. The number of nitrogens with zero attached hydrogens (tertiary/aromatic N) is 2. The zero-order valence-electron chi connectivity index (χ0n) is 15.2. The van der Waals surface area contributed by atoms with Gasteiger partial charge >= 0.3 is 6.01 Å². The average molecular weight is 352 g/mol. The third kappa shape index (κ3) is 4.21. The molecule has 0 spiro atoms. The molecule has 4 aromatic rings. The molecule has 0 bridgehead atoms. The van der Waals surface area contributed by atoms with E-state index in [4.69, 9.17) is 4.74 Å². The summed E-state index contributed by atoms with van der Waals surface area (Å²) in [5.74, 6) is 0. The molecule has 0 amide bonds. The monoisotopic (exact) mass is 352 g/mol. The highest BCUT2D eigenvalue weighted by atomic mass is 16.5. The molecular weight excluding hydrogens is 332 g/mol. The number of benzene rings is 3. The number of hydrogen-bond donors (Lipinski definition) is 0. The van der Waals surface area contributed by atoms with Crippen LogP contribution in [0, 0.1) is 6.92 Å². The lowest BCUT2D eigenvalue weighted by Gasteiger charge is -2.10. The molecule has 0 atom stereocenters. The van der Waals surface area contributed by atoms with Gasteiger partial charge in [0.25, 0.3) is 0 Å². The van der Waals surface area contributed by atoms with E-state index >= 15 is 0 Å². The molecule has 0 saturated heterocycles. The number of rotatable bonds is 5. The molecule has 27 heavy (non-hydrogen) atoms. The molecule has 0 fully saturated rings. The minimum atomic E-state index is 0.385. The lowest BCUT2D eigenvalue weighted by molar-refractivity contribution is 0.281. The van der Waals surface area contributed by atoms with E-state index in [1.165, 1.54) is 5.56 Å². The van der Waals surface area contributed by atoms with Crippen LogP contribution in [-0.2, 0) is 6.61 Å². The molecule has 132 valence electrons. The maximum atomic E-state index is 5.92.